The van der Waals surface area contributed by atoms with Gasteiger partial charge < -0.3 is 10.6 Å². The van der Waals surface area contributed by atoms with Crippen molar-refractivity contribution in [1.29, 1.82) is 0 Å². The van der Waals surface area contributed by atoms with Crippen LogP contribution in [0.1, 0.15) is 64.4 Å². The number of amides is 1. The van der Waals surface area contributed by atoms with Gasteiger partial charge in [-0.3, -0.25) is 14.7 Å². The zero-order valence-corrected chi connectivity index (χ0v) is 16.3. The number of nitrogens with zero attached hydrogens (tertiary/aromatic N) is 2. The summed E-state index contributed by atoms with van der Waals surface area (Å²) in [4.78, 5) is 19.2. The van der Waals surface area contributed by atoms with Crippen molar-refractivity contribution in [2.24, 2.45) is 0 Å². The Morgan fingerprint density at radius 2 is 1.85 bits per heavy atom. The van der Waals surface area contributed by atoms with Crippen molar-refractivity contribution in [2.75, 3.05) is 6.54 Å². The second kappa shape index (κ2) is 9.47. The van der Waals surface area contributed by atoms with Gasteiger partial charge in [0.2, 0.25) is 5.91 Å². The van der Waals surface area contributed by atoms with Gasteiger partial charge >= 0.3 is 0 Å². The van der Waals surface area contributed by atoms with Crippen LogP contribution in [0.15, 0.2) is 24.5 Å². The number of hydrogen-bond donors (Lipinski definition) is 2. The Balaban J connectivity index is 1.64. The SMILES string of the molecule is CC(C)NC(=O)[C@@H]1C[C@@H](NC2CCCCCC2)CN1Cc1ccncc1. The van der Waals surface area contributed by atoms with Gasteiger partial charge in [0.05, 0.1) is 6.04 Å². The highest BCUT2D eigenvalue weighted by molar-refractivity contribution is 5.82. The molecule has 2 heterocycles. The fraction of sp³-hybridized carbons (Fsp3) is 0.714. The summed E-state index contributed by atoms with van der Waals surface area (Å²) >= 11 is 0. The van der Waals surface area contributed by atoms with Gasteiger partial charge in [0.1, 0.15) is 0 Å². The Labute approximate surface area is 157 Å². The lowest BCUT2D eigenvalue weighted by Gasteiger charge is -2.24. The van der Waals surface area contributed by atoms with Gasteiger partial charge in [-0.1, -0.05) is 25.7 Å². The maximum Gasteiger partial charge on any atom is 0.237 e. The molecule has 1 saturated heterocycles. The quantitative estimate of drug-likeness (QED) is 0.768. The van der Waals surface area contributed by atoms with Crippen LogP contribution in [-0.2, 0) is 11.3 Å². The molecule has 0 spiro atoms. The molecule has 1 amide bonds. The predicted octanol–water partition coefficient (Wildman–Crippen LogP) is 2.86. The number of hydrogen-bond acceptors (Lipinski definition) is 4. The molecule has 5 nitrogen and oxygen atoms in total. The third-order valence-corrected chi connectivity index (χ3v) is 5.60. The van der Waals surface area contributed by atoms with Crippen molar-refractivity contribution >= 4 is 5.91 Å². The summed E-state index contributed by atoms with van der Waals surface area (Å²) in [5, 5.41) is 6.99. The van der Waals surface area contributed by atoms with Crippen molar-refractivity contribution in [1.82, 2.24) is 20.5 Å². The average molecular weight is 359 g/mol. The van der Waals surface area contributed by atoms with Gasteiger partial charge in [-0.2, -0.15) is 0 Å². The van der Waals surface area contributed by atoms with Gasteiger partial charge in [0.25, 0.3) is 0 Å². The van der Waals surface area contributed by atoms with Crippen LogP contribution in [0.5, 0.6) is 0 Å². The van der Waals surface area contributed by atoms with Crippen LogP contribution in [0, 0.1) is 0 Å². The lowest BCUT2D eigenvalue weighted by Crippen LogP contribution is -2.45. The van der Waals surface area contributed by atoms with Crippen molar-refractivity contribution in [3.63, 3.8) is 0 Å². The predicted molar refractivity (Wildman–Crippen MR) is 105 cm³/mol. The largest absolute Gasteiger partial charge is 0.353 e. The van der Waals surface area contributed by atoms with Crippen LogP contribution < -0.4 is 10.6 Å². The van der Waals surface area contributed by atoms with E-state index in [2.05, 4.69) is 20.5 Å². The van der Waals surface area contributed by atoms with E-state index in [4.69, 9.17) is 0 Å². The highest BCUT2D eigenvalue weighted by Gasteiger charge is 2.37. The van der Waals surface area contributed by atoms with Crippen molar-refractivity contribution < 1.29 is 4.79 Å². The molecule has 2 atom stereocenters. The third kappa shape index (κ3) is 5.52. The summed E-state index contributed by atoms with van der Waals surface area (Å²) < 4.78 is 0. The number of rotatable bonds is 6. The summed E-state index contributed by atoms with van der Waals surface area (Å²) in [6.45, 7) is 5.80. The molecule has 1 saturated carbocycles. The first kappa shape index (κ1) is 19.3. The Morgan fingerprint density at radius 3 is 2.50 bits per heavy atom. The zero-order chi connectivity index (χ0) is 18.4. The fourth-order valence-electron chi connectivity index (χ4n) is 4.35. The minimum Gasteiger partial charge on any atom is -0.353 e. The minimum absolute atomic E-state index is 0.0474. The molecule has 1 aromatic rings. The van der Waals surface area contributed by atoms with Crippen LogP contribution in [0.25, 0.3) is 0 Å². The Morgan fingerprint density at radius 1 is 1.15 bits per heavy atom. The van der Waals surface area contributed by atoms with E-state index in [0.29, 0.717) is 12.1 Å². The van der Waals surface area contributed by atoms with E-state index in [-0.39, 0.29) is 18.0 Å². The summed E-state index contributed by atoms with van der Waals surface area (Å²) in [5.74, 6) is 0.166. The average Bonchev–Trinajstić information content (AvgIpc) is 2.82. The highest BCUT2D eigenvalue weighted by atomic mass is 16.2. The number of carbonyl (C=O) groups is 1. The van der Waals surface area contributed by atoms with Gasteiger partial charge in [0, 0.05) is 43.6 Å². The lowest BCUT2D eigenvalue weighted by molar-refractivity contribution is -0.126. The van der Waals surface area contributed by atoms with E-state index in [1.54, 1.807) is 0 Å². The van der Waals surface area contributed by atoms with Gasteiger partial charge in [-0.05, 0) is 50.8 Å². The summed E-state index contributed by atoms with van der Waals surface area (Å²) in [7, 11) is 0. The molecule has 2 fully saturated rings. The first-order valence-electron chi connectivity index (χ1n) is 10.3. The second-order valence-corrected chi connectivity index (χ2v) is 8.25. The molecule has 0 aromatic carbocycles. The molecule has 2 aliphatic rings. The Bertz CT molecular complexity index is 554. The van der Waals surface area contributed by atoms with Crippen LogP contribution in [0.4, 0.5) is 0 Å². The van der Waals surface area contributed by atoms with E-state index in [0.717, 1.165) is 19.5 Å². The monoisotopic (exact) mass is 358 g/mol. The smallest absolute Gasteiger partial charge is 0.237 e. The highest BCUT2D eigenvalue weighted by Crippen LogP contribution is 2.24. The lowest BCUT2D eigenvalue weighted by atomic mass is 10.1. The summed E-state index contributed by atoms with van der Waals surface area (Å²) in [5.41, 5.74) is 1.22. The molecule has 0 unspecified atom stereocenters. The minimum atomic E-state index is -0.0474. The molecule has 0 radical (unpaired) electrons. The topological polar surface area (TPSA) is 57.3 Å². The molecule has 2 N–H and O–H groups in total. The van der Waals surface area contributed by atoms with Crippen molar-refractivity contribution in [2.45, 2.75) is 89.5 Å². The molecule has 144 valence electrons. The molecule has 1 aliphatic heterocycles. The van der Waals surface area contributed by atoms with Crippen molar-refractivity contribution in [3.8, 4) is 0 Å². The van der Waals surface area contributed by atoms with Gasteiger partial charge in [0.15, 0.2) is 0 Å². The van der Waals surface area contributed by atoms with E-state index >= 15 is 0 Å². The van der Waals surface area contributed by atoms with E-state index in [1.807, 2.05) is 38.4 Å². The molecule has 1 aliphatic carbocycles. The molecule has 5 heteroatoms. The molecular formula is C21H34N4O. The van der Waals surface area contributed by atoms with E-state index < -0.39 is 0 Å². The molecular weight excluding hydrogens is 324 g/mol. The molecule has 0 bridgehead atoms. The number of likely N-dealkylation sites (tertiary alicyclic amines) is 1. The first-order chi connectivity index (χ1) is 12.6. The standard InChI is InChI=1S/C21H34N4O/c1-16(2)23-21(26)20-13-19(24-18-7-5-3-4-6-8-18)15-25(20)14-17-9-11-22-12-10-17/h9-12,16,18-20,24H,3-8,13-15H2,1-2H3,(H,23,26)/t19-,20+/m1/s1. The summed E-state index contributed by atoms with van der Waals surface area (Å²) in [6, 6.07) is 5.25. The fourth-order valence-corrected chi connectivity index (χ4v) is 4.35. The van der Waals surface area contributed by atoms with E-state index in [1.165, 1.54) is 44.1 Å². The Kier molecular flexibility index (Phi) is 7.03. The van der Waals surface area contributed by atoms with Crippen LogP contribution >= 0.6 is 0 Å². The molecule has 1 aromatic heterocycles. The first-order valence-corrected chi connectivity index (χ1v) is 10.3. The maximum atomic E-state index is 12.8. The molecule has 26 heavy (non-hydrogen) atoms. The third-order valence-electron chi connectivity index (χ3n) is 5.60. The number of aromatic nitrogens is 1. The number of nitrogens with one attached hydrogen (secondary N) is 2. The van der Waals surface area contributed by atoms with Gasteiger partial charge in [-0.15, -0.1) is 0 Å². The second-order valence-electron chi connectivity index (χ2n) is 8.25. The van der Waals surface area contributed by atoms with Crippen molar-refractivity contribution in [3.05, 3.63) is 30.1 Å². The number of pyridine rings is 1. The van der Waals surface area contributed by atoms with E-state index in [9.17, 15) is 4.79 Å². The molecule has 3 rings (SSSR count). The Hall–Kier alpha value is -1.46. The van der Waals surface area contributed by atoms with Crippen LogP contribution in [0.2, 0.25) is 0 Å². The van der Waals surface area contributed by atoms with Crippen LogP contribution in [0.3, 0.4) is 0 Å². The summed E-state index contributed by atoms with van der Waals surface area (Å²) in [6.07, 6.45) is 12.5. The van der Waals surface area contributed by atoms with Crippen LogP contribution in [-0.4, -0.2) is 46.5 Å². The zero-order valence-electron chi connectivity index (χ0n) is 16.3. The normalized spacial score (nSPS) is 25.3. The van der Waals surface area contributed by atoms with Gasteiger partial charge in [-0.25, -0.2) is 0 Å². The maximum absolute atomic E-state index is 12.8. The number of carbonyl (C=O) groups excluding carboxylic acids is 1.